The highest BCUT2D eigenvalue weighted by molar-refractivity contribution is 14.1. The van der Waals surface area contributed by atoms with Crippen LogP contribution in [0.4, 0.5) is 4.79 Å². The average Bonchev–Trinajstić information content (AvgIpc) is 2.37. The Morgan fingerprint density at radius 1 is 1.30 bits per heavy atom. The van der Waals surface area contributed by atoms with E-state index in [0.717, 1.165) is 38.5 Å². The molecule has 0 aromatic carbocycles. The number of carboxylic acids is 1. The number of nitrogens with one attached hydrogen (secondary N) is 1. The van der Waals surface area contributed by atoms with Gasteiger partial charge in [0.1, 0.15) is 0 Å². The van der Waals surface area contributed by atoms with E-state index in [0.29, 0.717) is 18.4 Å². The topological polar surface area (TPSA) is 75.6 Å². The predicted molar refractivity (Wildman–Crippen MR) is 84.9 cm³/mol. The summed E-state index contributed by atoms with van der Waals surface area (Å²) >= 11 is 2.13. The van der Waals surface area contributed by atoms with Crippen LogP contribution in [-0.2, 0) is 9.53 Å². The lowest BCUT2D eigenvalue weighted by atomic mass is 9.80. The molecule has 1 saturated carbocycles. The number of carbonyl (C=O) groups is 2. The fourth-order valence-corrected chi connectivity index (χ4v) is 3.41. The number of rotatable bonds is 7. The number of hydrogen-bond acceptors (Lipinski definition) is 3. The molecule has 2 N–H and O–H groups in total. The highest BCUT2D eigenvalue weighted by Gasteiger charge is 2.23. The minimum Gasteiger partial charge on any atom is -0.481 e. The van der Waals surface area contributed by atoms with Crippen LogP contribution >= 0.6 is 22.6 Å². The molecule has 1 fully saturated rings. The second-order valence-electron chi connectivity index (χ2n) is 5.47. The summed E-state index contributed by atoms with van der Waals surface area (Å²) in [6.07, 6.45) is 5.65. The van der Waals surface area contributed by atoms with Crippen LogP contribution in [0.3, 0.4) is 0 Å². The van der Waals surface area contributed by atoms with Gasteiger partial charge in [0, 0.05) is 13.0 Å². The van der Waals surface area contributed by atoms with Crippen molar-refractivity contribution in [2.24, 2.45) is 11.8 Å². The van der Waals surface area contributed by atoms with Gasteiger partial charge < -0.3 is 15.2 Å². The summed E-state index contributed by atoms with van der Waals surface area (Å²) in [7, 11) is 0. The maximum Gasteiger partial charge on any atom is 0.408 e. The van der Waals surface area contributed by atoms with Crippen LogP contribution in [0.25, 0.3) is 0 Å². The number of hydrogen-bond donors (Lipinski definition) is 2. The molecule has 0 heterocycles. The molecule has 0 aliphatic heterocycles. The normalized spacial score (nSPS) is 23.9. The van der Waals surface area contributed by atoms with E-state index in [1.54, 1.807) is 0 Å². The zero-order valence-electron chi connectivity index (χ0n) is 11.9. The third kappa shape index (κ3) is 7.31. The van der Waals surface area contributed by atoms with Gasteiger partial charge >= 0.3 is 12.1 Å². The molecule has 0 spiro atoms. The smallest absolute Gasteiger partial charge is 0.408 e. The quantitative estimate of drug-likeness (QED) is 0.509. The molecule has 1 atom stereocenters. The molecule has 1 rings (SSSR count). The predicted octanol–water partition coefficient (Wildman–Crippen LogP) is 3.55. The number of halogens is 1. The fraction of sp³-hybridized carbons (Fsp3) is 0.857. The van der Waals surface area contributed by atoms with E-state index < -0.39 is 5.97 Å². The second-order valence-corrected chi connectivity index (χ2v) is 6.86. The molecule has 5 nitrogen and oxygen atoms in total. The number of alkyl carbamates (subject to hydrolysis) is 1. The SMILES string of the molecule is CCCC(I)OC(=O)NCC1CCC(CC(=O)O)CC1. The summed E-state index contributed by atoms with van der Waals surface area (Å²) in [4.78, 5) is 22.2. The van der Waals surface area contributed by atoms with Gasteiger partial charge in [0.2, 0.25) is 0 Å². The highest BCUT2D eigenvalue weighted by atomic mass is 127. The van der Waals surface area contributed by atoms with E-state index in [1.165, 1.54) is 0 Å². The summed E-state index contributed by atoms with van der Waals surface area (Å²) < 4.78 is 5.15. The molecule has 116 valence electrons. The summed E-state index contributed by atoms with van der Waals surface area (Å²) in [6.45, 7) is 2.69. The third-order valence-electron chi connectivity index (χ3n) is 3.72. The van der Waals surface area contributed by atoms with E-state index in [9.17, 15) is 9.59 Å². The molecule has 6 heteroatoms. The third-order valence-corrected chi connectivity index (χ3v) is 4.59. The van der Waals surface area contributed by atoms with Gasteiger partial charge in [0.15, 0.2) is 4.11 Å². The number of alkyl halides is 1. The Bertz CT molecular complexity index is 316. The number of carbonyl (C=O) groups excluding carboxylic acids is 1. The molecule has 20 heavy (non-hydrogen) atoms. The standard InChI is InChI=1S/C14H24INO4/c1-2-3-12(15)20-14(19)16-9-11-6-4-10(5-7-11)8-13(17)18/h10-12H,2-9H2,1H3,(H,16,19)(H,17,18). The first-order chi connectivity index (χ1) is 9.51. The van der Waals surface area contributed by atoms with Crippen molar-refractivity contribution in [3.8, 4) is 0 Å². The van der Waals surface area contributed by atoms with Crippen molar-refractivity contribution in [3.05, 3.63) is 0 Å². The Hall–Kier alpha value is -0.530. The monoisotopic (exact) mass is 397 g/mol. The minimum absolute atomic E-state index is 0.0658. The number of amides is 1. The Morgan fingerprint density at radius 3 is 2.45 bits per heavy atom. The van der Waals surface area contributed by atoms with Gasteiger partial charge in [-0.2, -0.15) is 0 Å². The Morgan fingerprint density at radius 2 is 1.90 bits per heavy atom. The first kappa shape index (κ1) is 17.5. The molecular formula is C14H24INO4. The molecule has 1 aliphatic rings. The van der Waals surface area contributed by atoms with Crippen LogP contribution in [0.5, 0.6) is 0 Å². The van der Waals surface area contributed by atoms with Crippen LogP contribution in [0.2, 0.25) is 0 Å². The first-order valence-corrected chi connectivity index (χ1v) is 8.56. The van der Waals surface area contributed by atoms with Crippen molar-refractivity contribution in [3.63, 3.8) is 0 Å². The van der Waals surface area contributed by atoms with Crippen molar-refractivity contribution < 1.29 is 19.4 Å². The Labute approximate surface area is 134 Å². The van der Waals surface area contributed by atoms with E-state index in [4.69, 9.17) is 9.84 Å². The summed E-state index contributed by atoms with van der Waals surface area (Å²) in [5.41, 5.74) is 0. The van der Waals surface area contributed by atoms with Gasteiger partial charge in [-0.05, 0) is 66.5 Å². The van der Waals surface area contributed by atoms with Crippen molar-refractivity contribution in [2.45, 2.75) is 56.0 Å². The van der Waals surface area contributed by atoms with Crippen LogP contribution in [0.15, 0.2) is 0 Å². The Balaban J connectivity index is 2.14. The van der Waals surface area contributed by atoms with Crippen molar-refractivity contribution in [1.82, 2.24) is 5.32 Å². The first-order valence-electron chi connectivity index (χ1n) is 7.31. The molecule has 0 radical (unpaired) electrons. The van der Waals surface area contributed by atoms with Crippen molar-refractivity contribution in [2.75, 3.05) is 6.54 Å². The highest BCUT2D eigenvalue weighted by Crippen LogP contribution is 2.30. The van der Waals surface area contributed by atoms with Gasteiger partial charge in [0.05, 0.1) is 0 Å². The summed E-state index contributed by atoms with van der Waals surface area (Å²) in [6, 6.07) is 0. The van der Waals surface area contributed by atoms with Crippen molar-refractivity contribution >= 4 is 34.7 Å². The van der Waals surface area contributed by atoms with Gasteiger partial charge in [-0.3, -0.25) is 4.79 Å². The van der Waals surface area contributed by atoms with Crippen LogP contribution in [0, 0.1) is 11.8 Å². The molecule has 0 aromatic rings. The summed E-state index contributed by atoms with van der Waals surface area (Å²) in [5.74, 6) is 0.0459. The van der Waals surface area contributed by atoms with E-state index in [1.807, 2.05) is 0 Å². The maximum absolute atomic E-state index is 11.6. The largest absolute Gasteiger partial charge is 0.481 e. The average molecular weight is 397 g/mol. The van der Waals surface area contributed by atoms with Crippen molar-refractivity contribution in [1.29, 1.82) is 0 Å². The van der Waals surface area contributed by atoms with E-state index >= 15 is 0 Å². The maximum atomic E-state index is 11.6. The molecule has 0 bridgehead atoms. The fourth-order valence-electron chi connectivity index (χ4n) is 2.56. The number of aliphatic carboxylic acids is 1. The Kier molecular flexibility index (Phi) is 8.25. The molecular weight excluding hydrogens is 373 g/mol. The molecule has 0 aromatic heterocycles. The lowest BCUT2D eigenvalue weighted by molar-refractivity contribution is -0.138. The van der Waals surface area contributed by atoms with E-state index in [2.05, 4.69) is 34.8 Å². The number of ether oxygens (including phenoxy) is 1. The number of carboxylic acid groups (broad SMARTS) is 1. The lowest BCUT2D eigenvalue weighted by Gasteiger charge is -2.27. The zero-order chi connectivity index (χ0) is 15.0. The zero-order valence-corrected chi connectivity index (χ0v) is 14.1. The molecule has 1 amide bonds. The summed E-state index contributed by atoms with van der Waals surface area (Å²) in [5, 5.41) is 11.6. The molecule has 1 unspecified atom stereocenters. The minimum atomic E-state index is -0.709. The van der Waals surface area contributed by atoms with E-state index in [-0.39, 0.29) is 16.6 Å². The molecule has 1 aliphatic carbocycles. The van der Waals surface area contributed by atoms with Gasteiger partial charge in [-0.1, -0.05) is 13.3 Å². The molecule has 0 saturated heterocycles. The van der Waals surface area contributed by atoms with Gasteiger partial charge in [0.25, 0.3) is 0 Å². The lowest BCUT2D eigenvalue weighted by Crippen LogP contribution is -2.33. The van der Waals surface area contributed by atoms with Gasteiger partial charge in [-0.15, -0.1) is 0 Å². The van der Waals surface area contributed by atoms with Crippen LogP contribution in [0.1, 0.15) is 51.9 Å². The van der Waals surface area contributed by atoms with Crippen LogP contribution < -0.4 is 5.32 Å². The van der Waals surface area contributed by atoms with Crippen LogP contribution in [-0.4, -0.2) is 27.8 Å². The van der Waals surface area contributed by atoms with Gasteiger partial charge in [-0.25, -0.2) is 4.79 Å². The second kappa shape index (κ2) is 9.41.